The molecule has 0 aromatic heterocycles. The van der Waals surface area contributed by atoms with Gasteiger partial charge in [-0.05, 0) is 0 Å². The van der Waals surface area contributed by atoms with Crippen LogP contribution >= 0.6 is 0 Å². The first-order valence-corrected chi connectivity index (χ1v) is 19.0. The van der Waals surface area contributed by atoms with E-state index in [1.165, 1.54) is 47.9 Å². The van der Waals surface area contributed by atoms with E-state index < -0.39 is 19.2 Å². The Morgan fingerprint density at radius 1 is 0.581 bits per heavy atom. The fourth-order valence-corrected chi connectivity index (χ4v) is 15.0. The Morgan fingerprint density at radius 3 is 1.32 bits per heavy atom. The molecule has 0 aliphatic carbocycles. The van der Waals surface area contributed by atoms with E-state index >= 15 is 0 Å². The predicted octanol–water partition coefficient (Wildman–Crippen LogP) is 8.44. The fraction of sp³-hybridized carbons (Fsp3) is 0.571. The molecule has 172 valence electrons. The van der Waals surface area contributed by atoms with Crippen LogP contribution in [0.5, 0.6) is 11.5 Å². The summed E-state index contributed by atoms with van der Waals surface area (Å²) in [4.78, 5) is 0. The third-order valence-electron chi connectivity index (χ3n) is 6.34. The van der Waals surface area contributed by atoms with Gasteiger partial charge in [0.1, 0.15) is 0 Å². The second kappa shape index (κ2) is 13.4. The quantitative estimate of drug-likeness (QED) is 0.228. The first kappa shape index (κ1) is 26.1. The summed E-state index contributed by atoms with van der Waals surface area (Å²) in [7, 11) is 0. The van der Waals surface area contributed by atoms with Gasteiger partial charge in [0.2, 0.25) is 0 Å². The monoisotopic (exact) mass is 532 g/mol. The van der Waals surface area contributed by atoms with Crippen molar-refractivity contribution >= 4 is 19.2 Å². The Hall–Kier alpha value is -1.16. The summed E-state index contributed by atoms with van der Waals surface area (Å²) in [6.45, 7) is 13.5. The molecule has 0 heterocycles. The van der Waals surface area contributed by atoms with E-state index in [0.717, 1.165) is 46.1 Å². The van der Waals surface area contributed by atoms with Crippen LogP contribution in [-0.2, 0) is 25.7 Å². The number of unbranched alkanes of at least 4 members (excludes halogenated alkanes) is 2. The van der Waals surface area contributed by atoms with Crippen LogP contribution in [0.25, 0.3) is 0 Å². The first-order valence-electron chi connectivity index (χ1n) is 12.7. The van der Waals surface area contributed by atoms with E-state index in [4.69, 9.17) is 6.15 Å². The molecule has 0 radical (unpaired) electrons. The minimum atomic E-state index is -3.44. The van der Waals surface area contributed by atoms with Gasteiger partial charge in [-0.2, -0.15) is 0 Å². The Labute approximate surface area is 196 Å². The van der Waals surface area contributed by atoms with Crippen molar-refractivity contribution in [2.24, 2.45) is 0 Å². The van der Waals surface area contributed by atoms with Gasteiger partial charge in [-0.15, -0.1) is 0 Å². The van der Waals surface area contributed by atoms with Crippen molar-refractivity contribution in [2.75, 3.05) is 0 Å². The summed E-state index contributed by atoms with van der Waals surface area (Å²) in [6, 6.07) is 13.2. The third-order valence-corrected chi connectivity index (χ3v) is 16.1. The van der Waals surface area contributed by atoms with Crippen LogP contribution in [0, 0.1) is 0 Å². The second-order valence-corrected chi connectivity index (χ2v) is 17.7. The van der Waals surface area contributed by atoms with Gasteiger partial charge in [-0.25, -0.2) is 0 Å². The van der Waals surface area contributed by atoms with Crippen LogP contribution < -0.4 is 6.15 Å². The summed E-state index contributed by atoms with van der Waals surface area (Å²) in [5.74, 6) is 2.18. The molecule has 3 heteroatoms. The van der Waals surface area contributed by atoms with Crippen molar-refractivity contribution in [3.8, 4) is 11.5 Å². The molecule has 31 heavy (non-hydrogen) atoms. The van der Waals surface area contributed by atoms with Crippen LogP contribution in [-0.4, -0.2) is 19.2 Å². The molecule has 2 aromatic rings. The average Bonchev–Trinajstić information content (AvgIpc) is 2.80. The third kappa shape index (κ3) is 6.91. The van der Waals surface area contributed by atoms with Crippen LogP contribution in [0.2, 0.25) is 8.87 Å². The van der Waals surface area contributed by atoms with Gasteiger partial charge >= 0.3 is 197 Å². The molecular weight excluding hydrogens is 487 g/mol. The van der Waals surface area contributed by atoms with Crippen LogP contribution in [0.4, 0.5) is 0 Å². The number of rotatable bonds is 14. The molecule has 0 aliphatic rings. The van der Waals surface area contributed by atoms with E-state index in [2.05, 4.69) is 77.9 Å². The summed E-state index contributed by atoms with van der Waals surface area (Å²) in [5.41, 5.74) is 5.57. The summed E-state index contributed by atoms with van der Waals surface area (Å²) in [6.07, 6.45) is 8.85. The zero-order chi connectivity index (χ0) is 22.7. The van der Waals surface area contributed by atoms with E-state index in [9.17, 15) is 0 Å². The van der Waals surface area contributed by atoms with E-state index in [0.29, 0.717) is 0 Å². The molecule has 0 aliphatic heterocycles. The maximum atomic E-state index is 7.14. The van der Waals surface area contributed by atoms with Gasteiger partial charge in [0, 0.05) is 0 Å². The Bertz CT molecular complexity index is 732. The van der Waals surface area contributed by atoms with Crippen LogP contribution in [0.3, 0.4) is 0 Å². The van der Waals surface area contributed by atoms with E-state index in [1.807, 2.05) is 0 Å². The molecule has 2 rings (SSSR count). The molecule has 2 nitrogen and oxygen atoms in total. The van der Waals surface area contributed by atoms with Gasteiger partial charge in [0.25, 0.3) is 0 Å². The summed E-state index contributed by atoms with van der Waals surface area (Å²) < 4.78 is 16.5. The molecule has 0 saturated carbocycles. The number of aryl methyl sites for hydroxylation is 2. The normalized spacial score (nSPS) is 11.5. The van der Waals surface area contributed by atoms with Crippen molar-refractivity contribution < 1.29 is 6.15 Å². The average molecular weight is 531 g/mol. The Kier molecular flexibility index (Phi) is 11.3. The molecule has 0 unspecified atom stereocenters. The van der Waals surface area contributed by atoms with Gasteiger partial charge in [-0.1, -0.05) is 0 Å². The molecule has 0 atom stereocenters. The topological polar surface area (TPSA) is 18.5 Å². The minimum absolute atomic E-state index is 1.01. The molecule has 0 fully saturated rings. The van der Waals surface area contributed by atoms with Crippen molar-refractivity contribution in [1.29, 1.82) is 0 Å². The molecule has 0 N–H and O–H groups in total. The molecule has 2 aromatic carbocycles. The number of hydrogen-bond donors (Lipinski definition) is 0. The van der Waals surface area contributed by atoms with Crippen molar-refractivity contribution in [3.05, 3.63) is 58.7 Å². The van der Waals surface area contributed by atoms with Gasteiger partial charge in [-0.3, -0.25) is 0 Å². The predicted molar refractivity (Wildman–Crippen MR) is 137 cm³/mol. The molecular formula is C28H44O2Sn. The second-order valence-electron chi connectivity index (χ2n) is 8.52. The zero-order valence-electron chi connectivity index (χ0n) is 20.9. The van der Waals surface area contributed by atoms with Gasteiger partial charge in [0.05, 0.1) is 0 Å². The summed E-state index contributed by atoms with van der Waals surface area (Å²) >= 11 is -3.44. The van der Waals surface area contributed by atoms with Gasteiger partial charge in [0.15, 0.2) is 0 Å². The molecule has 0 bridgehead atoms. The number of hydrogen-bond acceptors (Lipinski definition) is 2. The van der Waals surface area contributed by atoms with Crippen LogP contribution in [0.1, 0.15) is 89.5 Å². The molecule has 0 saturated heterocycles. The van der Waals surface area contributed by atoms with E-state index in [-0.39, 0.29) is 0 Å². The van der Waals surface area contributed by atoms with Crippen molar-refractivity contribution in [2.45, 2.75) is 102 Å². The maximum absolute atomic E-state index is 7.14. The van der Waals surface area contributed by atoms with Crippen LogP contribution in [0.15, 0.2) is 36.4 Å². The Balaban J connectivity index is 2.53. The summed E-state index contributed by atoms with van der Waals surface area (Å²) in [5, 5.41) is 0. The Morgan fingerprint density at radius 2 is 1.00 bits per heavy atom. The van der Waals surface area contributed by atoms with E-state index in [1.54, 1.807) is 0 Å². The van der Waals surface area contributed by atoms with Gasteiger partial charge < -0.3 is 0 Å². The SMILES string of the molecule is CCC[CH2][Sn]([CH2]CCC)([O]c1cccc(CC)c1CC)[O]c1cccc(CC)c1CC. The van der Waals surface area contributed by atoms with Crippen molar-refractivity contribution in [3.63, 3.8) is 0 Å². The zero-order valence-corrected chi connectivity index (χ0v) is 23.7. The molecule has 0 spiro atoms. The molecule has 0 amide bonds. The standard InChI is InChI=1S/2C10H14O.2C4H9.Sn/c2*1-3-8-6-5-7-10(11)9(8)4-2;2*1-3-4-2;/h2*5-7,11H,3-4H2,1-2H3;2*1,3-4H2,2H3;/q;;;;+2/p-2. The number of benzene rings is 2. The fourth-order valence-electron chi connectivity index (χ4n) is 4.52. The van der Waals surface area contributed by atoms with Crippen molar-refractivity contribution in [1.82, 2.24) is 0 Å². The first-order chi connectivity index (χ1) is 15.1.